The average Bonchev–Trinajstić information content (AvgIpc) is 1.67. The number of hydrogen-bond acceptors (Lipinski definition) is 11. The van der Waals surface area contributed by atoms with E-state index in [2.05, 4.69) is 39.1 Å². The van der Waals surface area contributed by atoms with Crippen LogP contribution >= 0.6 is 0 Å². The Kier molecular flexibility index (Phi) is 21.7. The van der Waals surface area contributed by atoms with Crippen molar-refractivity contribution in [2.24, 2.45) is 5.14 Å². The van der Waals surface area contributed by atoms with Gasteiger partial charge in [0.1, 0.15) is 34.7 Å². The van der Waals surface area contributed by atoms with Gasteiger partial charge in [-0.2, -0.15) is 87.4 Å². The van der Waals surface area contributed by atoms with Gasteiger partial charge in [0.2, 0.25) is 10.0 Å². The Morgan fingerprint density at radius 3 is 1.06 bits per heavy atom. The zero-order valence-corrected chi connectivity index (χ0v) is 61.2. The fraction of sp³-hybridized carbons (Fsp3) is 0.278. The Labute approximate surface area is 642 Å². The minimum absolute atomic E-state index is 0.00167. The van der Waals surface area contributed by atoms with E-state index in [1.54, 1.807) is 116 Å². The third-order valence-electron chi connectivity index (χ3n) is 19.5. The van der Waals surface area contributed by atoms with Crippen molar-refractivity contribution in [3.63, 3.8) is 0 Å². The van der Waals surface area contributed by atoms with Crippen LogP contribution in [0.15, 0.2) is 205 Å². The number of rotatable bonds is 22. The van der Waals surface area contributed by atoms with Crippen LogP contribution in [0.3, 0.4) is 0 Å². The molecule has 0 saturated heterocycles. The first-order chi connectivity index (χ1) is 53.7. The van der Waals surface area contributed by atoms with Gasteiger partial charge in [0.15, 0.2) is 19.8 Å². The van der Waals surface area contributed by atoms with Gasteiger partial charge in [-0.05, 0) is 180 Å². The number of fused-ring (bicyclic) bond motifs is 3. The van der Waals surface area contributed by atoms with E-state index < -0.39 is 87.3 Å². The summed E-state index contributed by atoms with van der Waals surface area (Å²) in [5.74, 6) is -12.5. The number of aromatic amines is 3. The third kappa shape index (κ3) is 18.3. The second-order valence-electron chi connectivity index (χ2n) is 28.3. The fourth-order valence-corrected chi connectivity index (χ4v) is 14.5. The molecule has 3 fully saturated rings. The molecule has 9 aromatic carbocycles. The molecule has 0 amide bonds. The molecule has 0 aliphatic heterocycles. The van der Waals surface area contributed by atoms with Crippen molar-refractivity contribution < 1.29 is 115 Å². The van der Waals surface area contributed by atoms with Gasteiger partial charge in [0.25, 0.3) is 0 Å². The summed E-state index contributed by atoms with van der Waals surface area (Å²) < 4.78 is 291. The zero-order valence-electron chi connectivity index (χ0n) is 59.6. The van der Waals surface area contributed by atoms with Crippen LogP contribution in [0.1, 0.15) is 108 Å². The van der Waals surface area contributed by atoms with E-state index in [-0.39, 0.29) is 68.9 Å². The van der Waals surface area contributed by atoms with Crippen molar-refractivity contribution >= 4 is 58.8 Å². The highest BCUT2D eigenvalue weighted by Gasteiger charge is 2.60. The van der Waals surface area contributed by atoms with E-state index in [0.717, 1.165) is 74.4 Å². The van der Waals surface area contributed by atoms with Crippen molar-refractivity contribution in [1.29, 1.82) is 0 Å². The number of primary sulfonamides is 1. The van der Waals surface area contributed by atoms with Crippen LogP contribution in [0.4, 0.5) is 84.7 Å². The highest BCUT2D eigenvalue weighted by molar-refractivity contribution is 7.93. The van der Waals surface area contributed by atoms with Crippen LogP contribution in [-0.2, 0) is 25.6 Å². The van der Waals surface area contributed by atoms with E-state index in [0.29, 0.717) is 45.5 Å². The summed E-state index contributed by atoms with van der Waals surface area (Å²) in [7, 11) is -9.54. The lowest BCUT2D eigenvalue weighted by Gasteiger charge is -2.21. The molecule has 3 aromatic heterocycles. The molecule has 115 heavy (non-hydrogen) atoms. The summed E-state index contributed by atoms with van der Waals surface area (Å²) in [6.45, 7) is -1.87. The molecule has 16 nitrogen and oxygen atoms in total. The van der Waals surface area contributed by atoms with E-state index >= 15 is 0 Å². The van der Waals surface area contributed by atoms with Crippen molar-refractivity contribution in [3.8, 4) is 50.6 Å². The van der Waals surface area contributed by atoms with Gasteiger partial charge < -0.3 is 34.3 Å². The number of nitrogens with one attached hydrogen (secondary N) is 4. The molecule has 3 heterocycles. The van der Waals surface area contributed by atoms with Crippen LogP contribution in [0.25, 0.3) is 66.5 Å². The summed E-state index contributed by atoms with van der Waals surface area (Å²) in [4.78, 5) is 23.8. The van der Waals surface area contributed by atoms with E-state index in [1.807, 2.05) is 42.5 Å². The van der Waals surface area contributed by atoms with Gasteiger partial charge in [-0.1, -0.05) is 115 Å². The number of nitrogens with two attached hydrogens (primary N) is 1. The van der Waals surface area contributed by atoms with E-state index in [1.165, 1.54) is 60.7 Å². The average molecular weight is 1660 g/mol. The lowest BCUT2D eigenvalue weighted by Crippen LogP contribution is -2.41. The summed E-state index contributed by atoms with van der Waals surface area (Å²) in [5.41, 5.74) is 4.63. The van der Waals surface area contributed by atoms with Gasteiger partial charge in [-0.25, -0.2) is 28.5 Å². The number of benzene rings is 9. The Hall–Kier alpha value is -10.9. The first-order valence-electron chi connectivity index (χ1n) is 34.9. The summed E-state index contributed by atoms with van der Waals surface area (Å²) >= 11 is 0. The maximum atomic E-state index is 13.1. The molecule has 3 aliphatic rings. The van der Waals surface area contributed by atoms with Crippen LogP contribution in [0.5, 0.6) is 17.2 Å². The summed E-state index contributed by atoms with van der Waals surface area (Å²) in [5, 5.41) is 15.9. The van der Waals surface area contributed by atoms with Crippen LogP contribution in [0.2, 0.25) is 0 Å². The molecule has 36 heteroatoms. The molecule has 6 unspecified atom stereocenters. The minimum Gasteiger partial charge on any atom is -0.487 e. The van der Waals surface area contributed by atoms with Crippen molar-refractivity contribution in [2.75, 3.05) is 24.5 Å². The quantitative estimate of drug-likeness (QED) is 0.0349. The molecule has 0 spiro atoms. The van der Waals surface area contributed by atoms with Gasteiger partial charge in [0.05, 0.1) is 49.3 Å². The van der Waals surface area contributed by atoms with Crippen LogP contribution in [0, 0.1) is 0 Å². The number of sulfonamides is 2. The molecule has 12 aromatic rings. The molecule has 3 saturated carbocycles. The SMILES string of the molecule is CC(C)(O)c1ccccc1-c1ccc2nc(C3CC3c3ccc(OCC(F)(F)C(F)(F)F)cc3)[nH]c2c1.NS(=O)(=O)c1ccccc1-c1ccc2nc(C3CC3c3ccc(OCC(F)(F)C(F)(F)F)cc3)[nH]c2c1.O=S(=O)(Nc1ccccc1-c1ccc2nc(C3CC3c3ccc(OCC(F)(F)C(F)(F)F)cc3)[nH]c2c1)C(F)(F)F. The van der Waals surface area contributed by atoms with Crippen LogP contribution < -0.4 is 24.1 Å². The number of nitrogens with zero attached hydrogens (tertiary/aromatic N) is 3. The largest absolute Gasteiger partial charge is 0.516 e. The zero-order chi connectivity index (χ0) is 83.0. The summed E-state index contributed by atoms with van der Waals surface area (Å²) in [6, 6.07) is 53.9. The number of ether oxygens (including phenoxy) is 3. The molecular formula is C79H64F18N8O8S2. The maximum absolute atomic E-state index is 13.1. The topological polar surface area (TPSA) is 240 Å². The highest BCUT2D eigenvalue weighted by Crippen LogP contribution is 2.57. The highest BCUT2D eigenvalue weighted by atomic mass is 32.2. The molecule has 0 radical (unpaired) electrons. The lowest BCUT2D eigenvalue weighted by atomic mass is 9.89. The first kappa shape index (κ1) is 82.1. The monoisotopic (exact) mass is 1660 g/mol. The second kappa shape index (κ2) is 30.4. The smallest absolute Gasteiger partial charge is 0.487 e. The Morgan fingerprint density at radius 1 is 0.409 bits per heavy atom. The minimum atomic E-state index is -5.71. The lowest BCUT2D eigenvalue weighted by molar-refractivity contribution is -0.290. The predicted octanol–water partition coefficient (Wildman–Crippen LogP) is 20.4. The number of imidazole rings is 3. The number of para-hydroxylation sites is 1. The molecule has 6 atom stereocenters. The number of hydrogen-bond donors (Lipinski definition) is 6. The summed E-state index contributed by atoms with van der Waals surface area (Å²) in [6.07, 6.45) is -14.8. The van der Waals surface area contributed by atoms with Gasteiger partial charge in [-0.15, -0.1) is 0 Å². The predicted molar refractivity (Wildman–Crippen MR) is 389 cm³/mol. The standard InChI is InChI=1S/C28H25F5N2O2.C26H19F8N3O3S.C25H20F5N3O3S/c1-26(2,36)22-6-4-3-5-19(22)17-9-12-23-24(13-17)35-25(34-23)21-14-20(21)16-7-10-18(11-8-16)37-15-27(29,30)28(31,32)33;27-24(28,25(29,30)31)13-40-16-8-5-14(6-9-16)18-12-19(18)23-35-21-10-7-15(11-22(21)36-23)17-3-1-2-4-20(17)37-41(38,39)26(32,33)34;26-24(27,25(28,29)30)13-36-16-8-5-14(6-9-16)18-12-19(18)23-32-20-10-7-15(11-21(20)33-23)17-3-1-2-4-22(17)37(31,34)35/h3-13,20-21,36H,14-15H2,1-2H3,(H,34,35);1-11,18-19,37H,12-13H2,(H,35,36);1-11,18-19H,12-13H2,(H,32,33)(H2,31,34,35). The number of H-pyrrole nitrogens is 3. The maximum Gasteiger partial charge on any atom is 0.516 e. The molecule has 606 valence electrons. The molecular weight excluding hydrogens is 1600 g/mol. The Balaban J connectivity index is 0.000000151. The van der Waals surface area contributed by atoms with Crippen LogP contribution in [-0.4, -0.2) is 113 Å². The third-order valence-corrected chi connectivity index (χ3v) is 21.6. The van der Waals surface area contributed by atoms with Gasteiger partial charge in [-0.3, -0.25) is 4.72 Å². The normalized spacial score (nSPS) is 18.1. The molecule has 15 rings (SSSR count). The van der Waals surface area contributed by atoms with Gasteiger partial charge in [0, 0.05) is 28.9 Å². The van der Waals surface area contributed by atoms with Crippen molar-refractivity contribution in [2.45, 2.75) is 121 Å². The molecule has 7 N–H and O–H groups in total. The fourth-order valence-electron chi connectivity index (χ4n) is 13.2. The van der Waals surface area contributed by atoms with Crippen molar-refractivity contribution in [3.05, 3.63) is 240 Å². The first-order valence-corrected chi connectivity index (χ1v) is 37.9. The van der Waals surface area contributed by atoms with Gasteiger partial charge >= 0.3 is 51.8 Å². The molecule has 3 aliphatic carbocycles. The number of halogens is 18. The molecule has 0 bridgehead atoms. The second-order valence-corrected chi connectivity index (χ2v) is 31.5. The number of alkyl halides is 18. The Bertz CT molecular complexity index is 5790. The van der Waals surface area contributed by atoms with E-state index in [4.69, 9.17) is 10.1 Å². The van der Waals surface area contributed by atoms with E-state index in [9.17, 15) is 101 Å². The van der Waals surface area contributed by atoms with Crippen molar-refractivity contribution in [1.82, 2.24) is 29.9 Å². The Morgan fingerprint density at radius 2 is 0.722 bits per heavy atom. The number of aromatic nitrogens is 6. The number of anilines is 1. The number of aliphatic hydroxyl groups is 1.